The molecule has 0 saturated heterocycles. The van der Waals surface area contributed by atoms with Gasteiger partial charge in [0.1, 0.15) is 0 Å². The van der Waals surface area contributed by atoms with Crippen molar-refractivity contribution in [2.24, 2.45) is 0 Å². The minimum atomic E-state index is -0.173. The van der Waals surface area contributed by atoms with Crippen LogP contribution in [-0.2, 0) is 14.4 Å². The lowest BCUT2D eigenvalue weighted by Crippen LogP contribution is -2.19. The standard InChI is InChI=1S/C8H17NO3/c1-3-4-5-6-8(10)12-7-9-11-2/h9H,3-7H2,1-2H3. The van der Waals surface area contributed by atoms with Gasteiger partial charge < -0.3 is 9.57 Å². The van der Waals surface area contributed by atoms with Crippen LogP contribution >= 0.6 is 0 Å². The van der Waals surface area contributed by atoms with E-state index in [1.54, 1.807) is 0 Å². The van der Waals surface area contributed by atoms with Gasteiger partial charge in [-0.25, -0.2) is 0 Å². The monoisotopic (exact) mass is 175 g/mol. The molecule has 4 heteroatoms. The van der Waals surface area contributed by atoms with Crippen molar-refractivity contribution in [2.45, 2.75) is 32.6 Å². The fourth-order valence-corrected chi connectivity index (χ4v) is 0.760. The number of ether oxygens (including phenoxy) is 1. The van der Waals surface area contributed by atoms with Crippen molar-refractivity contribution in [1.82, 2.24) is 5.48 Å². The summed E-state index contributed by atoms with van der Waals surface area (Å²) in [6.07, 6.45) is 3.60. The molecule has 0 atom stereocenters. The van der Waals surface area contributed by atoms with Crippen LogP contribution in [0.15, 0.2) is 0 Å². The normalized spacial score (nSPS) is 9.83. The van der Waals surface area contributed by atoms with Gasteiger partial charge in [-0.2, -0.15) is 5.48 Å². The molecular weight excluding hydrogens is 158 g/mol. The van der Waals surface area contributed by atoms with E-state index in [0.29, 0.717) is 6.42 Å². The highest BCUT2D eigenvalue weighted by atomic mass is 16.7. The molecule has 0 aliphatic carbocycles. The van der Waals surface area contributed by atoms with Crippen LogP contribution in [0.1, 0.15) is 32.6 Å². The lowest BCUT2D eigenvalue weighted by atomic mass is 10.2. The number of hydrogen-bond acceptors (Lipinski definition) is 4. The number of rotatable bonds is 7. The summed E-state index contributed by atoms with van der Waals surface area (Å²) in [6.45, 7) is 2.22. The molecule has 0 aliphatic heterocycles. The predicted octanol–water partition coefficient (Wildman–Crippen LogP) is 1.22. The van der Waals surface area contributed by atoms with Crippen LogP contribution in [0.25, 0.3) is 0 Å². The van der Waals surface area contributed by atoms with Crippen molar-refractivity contribution in [1.29, 1.82) is 0 Å². The predicted molar refractivity (Wildman–Crippen MR) is 45.2 cm³/mol. The molecule has 0 radical (unpaired) electrons. The van der Waals surface area contributed by atoms with Gasteiger partial charge in [0.2, 0.25) is 0 Å². The third-order valence-electron chi connectivity index (χ3n) is 1.42. The number of hydroxylamine groups is 1. The third-order valence-corrected chi connectivity index (χ3v) is 1.42. The van der Waals surface area contributed by atoms with E-state index in [1.165, 1.54) is 7.11 Å². The van der Waals surface area contributed by atoms with Crippen LogP contribution < -0.4 is 5.48 Å². The number of esters is 1. The number of nitrogens with one attached hydrogen (secondary N) is 1. The maximum atomic E-state index is 10.9. The van der Waals surface area contributed by atoms with Gasteiger partial charge in [-0.15, -0.1) is 0 Å². The summed E-state index contributed by atoms with van der Waals surface area (Å²) in [4.78, 5) is 15.4. The summed E-state index contributed by atoms with van der Waals surface area (Å²) in [5, 5.41) is 0. The Balaban J connectivity index is 3.10. The molecule has 12 heavy (non-hydrogen) atoms. The maximum absolute atomic E-state index is 10.9. The van der Waals surface area contributed by atoms with E-state index in [9.17, 15) is 4.79 Å². The largest absolute Gasteiger partial charge is 0.448 e. The van der Waals surface area contributed by atoms with Crippen molar-refractivity contribution < 1.29 is 14.4 Å². The van der Waals surface area contributed by atoms with E-state index in [0.717, 1.165) is 19.3 Å². The Morgan fingerprint density at radius 1 is 1.42 bits per heavy atom. The van der Waals surface area contributed by atoms with E-state index >= 15 is 0 Å². The summed E-state index contributed by atoms with van der Waals surface area (Å²) in [5.41, 5.74) is 2.43. The van der Waals surface area contributed by atoms with E-state index in [4.69, 9.17) is 4.74 Å². The van der Waals surface area contributed by atoms with Gasteiger partial charge in [0.15, 0.2) is 6.73 Å². The summed E-state index contributed by atoms with van der Waals surface area (Å²) < 4.78 is 4.75. The first-order valence-electron chi connectivity index (χ1n) is 4.22. The smallest absolute Gasteiger partial charge is 0.307 e. The Morgan fingerprint density at radius 3 is 2.75 bits per heavy atom. The van der Waals surface area contributed by atoms with Crippen molar-refractivity contribution in [3.8, 4) is 0 Å². The van der Waals surface area contributed by atoms with E-state index in [-0.39, 0.29) is 12.7 Å². The highest BCUT2D eigenvalue weighted by Crippen LogP contribution is 1.99. The molecule has 0 rings (SSSR count). The molecule has 4 nitrogen and oxygen atoms in total. The average Bonchev–Trinajstić information content (AvgIpc) is 2.06. The molecular formula is C8H17NO3. The molecule has 0 spiro atoms. The molecule has 72 valence electrons. The Morgan fingerprint density at radius 2 is 2.17 bits per heavy atom. The lowest BCUT2D eigenvalue weighted by molar-refractivity contribution is -0.148. The van der Waals surface area contributed by atoms with Gasteiger partial charge in [-0.1, -0.05) is 19.8 Å². The zero-order valence-corrected chi connectivity index (χ0v) is 7.76. The van der Waals surface area contributed by atoms with Gasteiger partial charge in [0.05, 0.1) is 7.11 Å². The second-order valence-electron chi connectivity index (χ2n) is 2.47. The minimum Gasteiger partial charge on any atom is -0.448 e. The Kier molecular flexibility index (Phi) is 8.05. The SMILES string of the molecule is CCCCCC(=O)OCNOC. The molecule has 0 fully saturated rings. The number of unbranched alkanes of at least 4 members (excludes halogenated alkanes) is 2. The molecule has 0 saturated carbocycles. The number of hydrogen-bond donors (Lipinski definition) is 1. The molecule has 0 aliphatic rings. The van der Waals surface area contributed by atoms with Crippen molar-refractivity contribution in [3.63, 3.8) is 0 Å². The quantitative estimate of drug-likeness (QED) is 0.273. The zero-order chi connectivity index (χ0) is 9.23. The molecule has 0 aromatic rings. The van der Waals surface area contributed by atoms with E-state index < -0.39 is 0 Å². The van der Waals surface area contributed by atoms with Crippen LogP contribution in [0.3, 0.4) is 0 Å². The first-order chi connectivity index (χ1) is 5.81. The second-order valence-corrected chi connectivity index (χ2v) is 2.47. The lowest BCUT2D eigenvalue weighted by Gasteiger charge is -2.03. The summed E-state index contributed by atoms with van der Waals surface area (Å²) in [7, 11) is 1.48. The van der Waals surface area contributed by atoms with Gasteiger partial charge in [0.25, 0.3) is 0 Å². The maximum Gasteiger partial charge on any atom is 0.307 e. The van der Waals surface area contributed by atoms with Gasteiger partial charge in [0, 0.05) is 6.42 Å². The summed E-state index contributed by atoms with van der Waals surface area (Å²) in [6, 6.07) is 0. The number of carbonyl (C=O) groups excluding carboxylic acids is 1. The molecule has 0 unspecified atom stereocenters. The molecule has 0 aromatic heterocycles. The van der Waals surface area contributed by atoms with E-state index in [2.05, 4.69) is 17.2 Å². The Bertz CT molecular complexity index is 105. The van der Waals surface area contributed by atoms with Gasteiger partial charge >= 0.3 is 5.97 Å². The molecule has 0 heterocycles. The minimum absolute atomic E-state index is 0.126. The third kappa shape index (κ3) is 7.50. The fraction of sp³-hybridized carbons (Fsp3) is 0.875. The Hall–Kier alpha value is -0.610. The summed E-state index contributed by atoms with van der Waals surface area (Å²) in [5.74, 6) is -0.173. The average molecular weight is 175 g/mol. The van der Waals surface area contributed by atoms with Gasteiger partial charge in [-0.05, 0) is 6.42 Å². The van der Waals surface area contributed by atoms with Crippen LogP contribution in [0, 0.1) is 0 Å². The summed E-state index contributed by atoms with van der Waals surface area (Å²) >= 11 is 0. The molecule has 0 amide bonds. The Labute approximate surface area is 73.2 Å². The van der Waals surface area contributed by atoms with Crippen LogP contribution in [0.5, 0.6) is 0 Å². The van der Waals surface area contributed by atoms with Crippen LogP contribution in [-0.4, -0.2) is 19.8 Å². The number of carbonyl (C=O) groups is 1. The first-order valence-corrected chi connectivity index (χ1v) is 4.22. The second kappa shape index (κ2) is 8.49. The van der Waals surface area contributed by atoms with Gasteiger partial charge in [-0.3, -0.25) is 4.79 Å². The van der Waals surface area contributed by atoms with Crippen LogP contribution in [0.4, 0.5) is 0 Å². The van der Waals surface area contributed by atoms with E-state index in [1.807, 2.05) is 0 Å². The first kappa shape index (κ1) is 11.4. The highest BCUT2D eigenvalue weighted by molar-refractivity contribution is 5.69. The van der Waals surface area contributed by atoms with Crippen molar-refractivity contribution >= 4 is 5.97 Å². The molecule has 1 N–H and O–H groups in total. The molecule has 0 bridgehead atoms. The van der Waals surface area contributed by atoms with Crippen LogP contribution in [0.2, 0.25) is 0 Å². The molecule has 0 aromatic carbocycles. The highest BCUT2D eigenvalue weighted by Gasteiger charge is 2.00. The topological polar surface area (TPSA) is 47.6 Å². The van der Waals surface area contributed by atoms with Crippen molar-refractivity contribution in [2.75, 3.05) is 13.8 Å². The zero-order valence-electron chi connectivity index (χ0n) is 7.76. The van der Waals surface area contributed by atoms with Crippen molar-refractivity contribution in [3.05, 3.63) is 0 Å². The fourth-order valence-electron chi connectivity index (χ4n) is 0.760.